The number of hydrogen-bond donors (Lipinski definition) is 0. The van der Waals surface area contributed by atoms with Gasteiger partial charge in [-0.3, -0.25) is 0 Å². The van der Waals surface area contributed by atoms with E-state index in [1.54, 1.807) is 0 Å². The van der Waals surface area contributed by atoms with Gasteiger partial charge < -0.3 is 0 Å². The Labute approximate surface area is 2570 Å². The Bertz CT molecular complexity index is 18.1. The fraction of sp³-hybridized carbons (Fsp3) is 0. The summed E-state index contributed by atoms with van der Waals surface area (Å²) in [6.45, 7) is 0. The van der Waals surface area contributed by atoms with Crippen LogP contribution in [0.1, 0.15) is 0 Å². The molecule has 0 amide bonds. The average Bonchev–Trinajstić information content (AvgIpc) is 0. The van der Waals surface area contributed by atoms with Crippen LogP contribution in [0.5, 0.6) is 0 Å². The molecule has 0 aromatic carbocycles. The maximum atomic E-state index is 0. The molecule has 0 aliphatic heterocycles. The Morgan fingerprint density at radius 1 is 0.0274 bits per heavy atom. The van der Waals surface area contributed by atoms with E-state index in [-0.39, 0.29) is 2680 Å². The van der Waals surface area contributed by atoms with Crippen molar-refractivity contribution in [1.82, 2.24) is 0 Å². The fourth-order valence-corrected chi connectivity index (χ4v) is 0. The van der Waals surface area contributed by atoms with E-state index in [1.807, 2.05) is 0 Å². The van der Waals surface area contributed by atoms with Crippen molar-refractivity contribution in [3.63, 3.8) is 0 Å². The Morgan fingerprint density at radius 2 is 0.0274 bits per heavy atom. The summed E-state index contributed by atoms with van der Waals surface area (Å²) in [7, 11) is 0. The maximum absolute atomic E-state index is 0. The van der Waals surface area contributed by atoms with Crippen molar-refractivity contribution < 1.29 is 0 Å². The molecule has 0 heterocycles. The predicted octanol–water partition coefficient (Wildman–Crippen LogP) is -25.4. The molecule has 73 heteroatoms. The van der Waals surface area contributed by atoms with Crippen molar-refractivity contribution in [2.45, 2.75) is 0 Å². The molecule has 0 atom stereocenters. The van der Waals surface area contributed by atoms with E-state index < -0.39 is 0 Å². The van der Waals surface area contributed by atoms with Crippen LogP contribution in [-0.4, -0.2) is 2640 Å². The SMILES string of the molecule is Cl.Cl.Cl.[Ca+2].[Ca+2].[Ca+2].[Ca+2].[Ca+2].[Ca+2].[Ca+2].[Ca+2].[Ca+2].[Ca+2].[Ca+2].[Ca+2].[Ca+2].[Ca+2].[Ca+2].[Ca+2].[Ca+2].[Ca+2].[Ca+2].[Ca+2].[Ca+2].[Ca+2].[Ca+2].[Ca+2].[Ca+2].[Ca+2].[Ca+2].[Ca+2].[Ca+2].[Ca+2].[Ca+2].[Ca+2].[Ca+2].[Ca+2].[Ca+2].[Ca+2].[Ca+2].[Ca+2].[Ca+2].[Ca+2].[Ca+2].[Ca+2].[Ca+2].[Ca+2].[Ca+2].[Ca+2].[Ca+2].[Ca+2].[Ca+2].[Ca+2].[Ca+2].[Ca+2].[Ca+2].[Ca+2].[Ca+2].[Ca+2].[Ca+2].[Ca+2].[Ca+2].[Ca+2].[Ca+2].[Ca+2].[Ca+2].[Ca+2].[Ca+2].[Ca+2].[Ca+2].[Ca+2].[Ca+2].[Ca+2]. The van der Waals surface area contributed by atoms with Crippen molar-refractivity contribution in [2.75, 3.05) is 0 Å². The van der Waals surface area contributed by atoms with Crippen LogP contribution >= 0.6 is 37.2 Å². The van der Waals surface area contributed by atoms with Crippen LogP contribution in [0.4, 0.5) is 0 Å². The van der Waals surface area contributed by atoms with Crippen molar-refractivity contribution in [3.05, 3.63) is 0 Å². The van der Waals surface area contributed by atoms with Crippen molar-refractivity contribution in [2.24, 2.45) is 0 Å². The van der Waals surface area contributed by atoms with E-state index >= 15 is 0 Å². The van der Waals surface area contributed by atoms with Gasteiger partial charge >= 0.3 is 2640 Å². The Kier molecular flexibility index (Phi) is 3780. The molecule has 0 spiro atoms. The largest absolute Gasteiger partial charge is 2.00 e. The van der Waals surface area contributed by atoms with Crippen LogP contribution in [0.2, 0.25) is 0 Å². The first-order valence-electron chi connectivity index (χ1n) is 0. The monoisotopic (exact) mass is 2910 g/mol. The molecule has 0 aliphatic rings. The van der Waals surface area contributed by atoms with Crippen LogP contribution in [0, 0.1) is 0 Å². The second-order valence-electron chi connectivity index (χ2n) is 0. The second-order valence-corrected chi connectivity index (χ2v) is 0. The Morgan fingerprint density at radius 3 is 0.0274 bits per heavy atom. The quantitative estimate of drug-likeness (QED) is 0.212. The zero-order valence-electron chi connectivity index (χ0n) is 50.7. The van der Waals surface area contributed by atoms with Crippen molar-refractivity contribution >= 4 is 2680 Å². The first-order chi connectivity index (χ1) is 0. The van der Waals surface area contributed by atoms with Gasteiger partial charge in [0.1, 0.15) is 0 Å². The third-order valence-corrected chi connectivity index (χ3v) is 0. The first kappa shape index (κ1) is 530. The van der Waals surface area contributed by atoms with E-state index in [4.69, 9.17) is 0 Å². The Hall–Kier alpha value is 89.1. The van der Waals surface area contributed by atoms with Gasteiger partial charge in [0.2, 0.25) is 0 Å². The standard InChI is InChI=1S/70Ca.3ClH/h;;;;;;;;;;;;;;;;;;;;;;;;;;;;;;;;;;;;;;;;;;;;;;;;;;;;;;;;;;;;;;;;;;;;;;3*1H/q70*+2;;;. The zero-order chi connectivity index (χ0) is 0. The smallest absolute Gasteiger partial charge is 0.147 e. The summed E-state index contributed by atoms with van der Waals surface area (Å²) in [6.07, 6.45) is 0. The van der Waals surface area contributed by atoms with Crippen LogP contribution in [0.15, 0.2) is 0 Å². The number of halogens is 3. The first-order valence-corrected chi connectivity index (χ1v) is 0. The van der Waals surface area contributed by atoms with Gasteiger partial charge in [-0.15, -0.1) is 37.2 Å². The summed E-state index contributed by atoms with van der Waals surface area (Å²) in [5.41, 5.74) is 0. The van der Waals surface area contributed by atoms with Crippen LogP contribution in [0.25, 0.3) is 0 Å². The van der Waals surface area contributed by atoms with Crippen LogP contribution < -0.4 is 0 Å². The fourth-order valence-electron chi connectivity index (χ4n) is 0. The molecule has 0 aliphatic carbocycles. The van der Waals surface area contributed by atoms with Gasteiger partial charge in [0.05, 0.1) is 0 Å². The molecule has 0 aromatic heterocycles. The number of hydrogen-bond acceptors (Lipinski definition) is 0. The molecule has 0 bridgehead atoms. The normalized spacial score (nSPS) is 0. The van der Waals surface area contributed by atoms with Crippen LogP contribution in [0.3, 0.4) is 0 Å². The van der Waals surface area contributed by atoms with Crippen LogP contribution in [-0.2, 0) is 0 Å². The van der Waals surface area contributed by atoms with Gasteiger partial charge in [-0.25, -0.2) is 0 Å². The van der Waals surface area contributed by atoms with E-state index in [9.17, 15) is 0 Å². The van der Waals surface area contributed by atoms with Gasteiger partial charge in [-0.1, -0.05) is 0 Å². The Balaban J connectivity index is 0. The molecule has 73 heavy (non-hydrogen) atoms. The van der Waals surface area contributed by atoms with E-state index in [1.165, 1.54) is 0 Å². The summed E-state index contributed by atoms with van der Waals surface area (Å²) in [5.74, 6) is 0. The molecular formula is H3Ca70Cl3+140. The molecule has 0 saturated heterocycles. The summed E-state index contributed by atoms with van der Waals surface area (Å²) < 4.78 is 0. The number of rotatable bonds is 0. The minimum Gasteiger partial charge on any atom is -0.147 e. The van der Waals surface area contributed by atoms with Gasteiger partial charge in [0.25, 0.3) is 0 Å². The molecule has 0 nitrogen and oxygen atoms in total. The maximum Gasteiger partial charge on any atom is 2.00 e. The molecular weight excluding hydrogens is 2910 g/mol. The van der Waals surface area contributed by atoms with Gasteiger partial charge in [-0.05, 0) is 0 Å². The van der Waals surface area contributed by atoms with Gasteiger partial charge in [0.15, 0.2) is 0 Å². The molecule has 0 saturated carbocycles. The topological polar surface area (TPSA) is 0 Å². The van der Waals surface area contributed by atoms with Crippen molar-refractivity contribution in [1.29, 1.82) is 0 Å². The molecule has 0 unspecified atom stereocenters. The average molecular weight is 2910 g/mol. The van der Waals surface area contributed by atoms with Gasteiger partial charge in [0, 0.05) is 0 Å². The van der Waals surface area contributed by atoms with E-state index in [0.717, 1.165) is 0 Å². The summed E-state index contributed by atoms with van der Waals surface area (Å²) in [5, 5.41) is 0. The molecule has 0 radical (unpaired) electrons. The molecule has 0 fully saturated rings. The molecule has 0 N–H and O–H groups in total. The third-order valence-electron chi connectivity index (χ3n) is 0. The summed E-state index contributed by atoms with van der Waals surface area (Å²) >= 11 is 0. The van der Waals surface area contributed by atoms with E-state index in [0.29, 0.717) is 0 Å². The summed E-state index contributed by atoms with van der Waals surface area (Å²) in [6, 6.07) is 0. The predicted molar refractivity (Wildman–Crippen MR) is 425 cm³/mol. The molecule has 24 valence electrons. The minimum atomic E-state index is 0. The van der Waals surface area contributed by atoms with Gasteiger partial charge in [-0.2, -0.15) is 0 Å². The minimum absolute atomic E-state index is 0. The molecule has 0 aromatic rings. The van der Waals surface area contributed by atoms with Crippen molar-refractivity contribution in [3.8, 4) is 0 Å². The third kappa shape index (κ3) is 514. The second kappa shape index (κ2) is 520. The van der Waals surface area contributed by atoms with E-state index in [2.05, 4.69) is 0 Å². The molecule has 0 rings (SSSR count). The zero-order valence-corrected chi connectivity index (χ0v) is 208. The summed E-state index contributed by atoms with van der Waals surface area (Å²) in [4.78, 5) is 0.